The van der Waals surface area contributed by atoms with E-state index in [1.807, 2.05) is 26.1 Å². The predicted octanol–water partition coefficient (Wildman–Crippen LogP) is 3.20. The normalized spacial score (nSPS) is 21.8. The van der Waals surface area contributed by atoms with Crippen molar-refractivity contribution in [2.75, 3.05) is 31.6 Å². The molecule has 2 aliphatic rings. The van der Waals surface area contributed by atoms with E-state index in [9.17, 15) is 0 Å². The van der Waals surface area contributed by atoms with Crippen LogP contribution in [0.4, 0.5) is 11.8 Å². The summed E-state index contributed by atoms with van der Waals surface area (Å²) in [5.41, 5.74) is 3.27. The summed E-state index contributed by atoms with van der Waals surface area (Å²) >= 11 is 0. The molecule has 2 saturated heterocycles. The van der Waals surface area contributed by atoms with E-state index in [1.54, 1.807) is 0 Å². The van der Waals surface area contributed by atoms with Gasteiger partial charge >= 0.3 is 0 Å². The zero-order chi connectivity index (χ0) is 17.9. The van der Waals surface area contributed by atoms with Crippen LogP contribution in [-0.2, 0) is 4.74 Å². The maximum absolute atomic E-state index is 5.54. The maximum atomic E-state index is 5.54. The van der Waals surface area contributed by atoms with E-state index in [0.29, 0.717) is 17.9 Å². The molecular formula is C20H27N5O. The van der Waals surface area contributed by atoms with E-state index in [0.717, 1.165) is 43.5 Å². The van der Waals surface area contributed by atoms with Crippen molar-refractivity contribution in [2.45, 2.75) is 45.1 Å². The summed E-state index contributed by atoms with van der Waals surface area (Å²) < 4.78 is 5.54. The van der Waals surface area contributed by atoms with Gasteiger partial charge in [-0.05, 0) is 75.9 Å². The Morgan fingerprint density at radius 3 is 2.54 bits per heavy atom. The number of aryl methyl sites for hydroxylation is 2. The van der Waals surface area contributed by atoms with E-state index in [-0.39, 0.29) is 0 Å². The summed E-state index contributed by atoms with van der Waals surface area (Å²) in [6, 6.07) is 6.90. The van der Waals surface area contributed by atoms with Crippen LogP contribution in [0.1, 0.15) is 42.1 Å². The summed E-state index contributed by atoms with van der Waals surface area (Å²) in [5.74, 6) is 2.03. The molecular weight excluding hydrogens is 326 g/mol. The molecule has 2 aromatic rings. The summed E-state index contributed by atoms with van der Waals surface area (Å²) in [4.78, 5) is 15.9. The molecule has 26 heavy (non-hydrogen) atoms. The van der Waals surface area contributed by atoms with Gasteiger partial charge in [-0.1, -0.05) is 0 Å². The summed E-state index contributed by atoms with van der Waals surface area (Å²) in [6.07, 6.45) is 5.46. The van der Waals surface area contributed by atoms with Crippen molar-refractivity contribution in [1.82, 2.24) is 19.9 Å². The molecule has 4 heterocycles. The van der Waals surface area contributed by atoms with Gasteiger partial charge in [0.1, 0.15) is 5.82 Å². The fourth-order valence-corrected chi connectivity index (χ4v) is 4.07. The number of nitrogens with one attached hydrogen (secondary N) is 1. The van der Waals surface area contributed by atoms with Crippen molar-refractivity contribution < 1.29 is 4.74 Å². The van der Waals surface area contributed by atoms with Crippen LogP contribution in [0.2, 0.25) is 0 Å². The van der Waals surface area contributed by atoms with E-state index >= 15 is 0 Å². The lowest BCUT2D eigenvalue weighted by Crippen LogP contribution is -2.41. The first-order valence-electron chi connectivity index (χ1n) is 9.54. The first kappa shape index (κ1) is 17.4. The van der Waals surface area contributed by atoms with Gasteiger partial charge < -0.3 is 10.1 Å². The average molecular weight is 353 g/mol. The number of anilines is 2. The fraction of sp³-hybridized carbons (Fsp3) is 0.550. The van der Waals surface area contributed by atoms with Crippen LogP contribution in [0.25, 0.3) is 0 Å². The molecule has 6 heteroatoms. The number of nitrogens with zero attached hydrogens (tertiary/aromatic N) is 4. The first-order chi connectivity index (χ1) is 12.7. The molecule has 0 amide bonds. The van der Waals surface area contributed by atoms with Crippen LogP contribution in [-0.4, -0.2) is 52.2 Å². The van der Waals surface area contributed by atoms with Gasteiger partial charge in [0, 0.05) is 30.2 Å². The Bertz CT molecular complexity index is 731. The third kappa shape index (κ3) is 4.02. The highest BCUT2D eigenvalue weighted by Crippen LogP contribution is 2.31. The largest absolute Gasteiger partial charge is 0.380 e. The van der Waals surface area contributed by atoms with Crippen LogP contribution in [0.15, 0.2) is 24.4 Å². The van der Waals surface area contributed by atoms with Crippen LogP contribution < -0.4 is 5.32 Å². The van der Waals surface area contributed by atoms with Crippen LogP contribution in [0, 0.1) is 13.8 Å². The van der Waals surface area contributed by atoms with Crippen molar-refractivity contribution in [2.24, 2.45) is 0 Å². The summed E-state index contributed by atoms with van der Waals surface area (Å²) in [7, 11) is 0. The minimum atomic E-state index is 0.595. The molecule has 4 rings (SSSR count). The fourth-order valence-electron chi connectivity index (χ4n) is 4.07. The minimum absolute atomic E-state index is 0.595. The van der Waals surface area contributed by atoms with E-state index in [4.69, 9.17) is 4.74 Å². The Morgan fingerprint density at radius 1 is 1.08 bits per heavy atom. The van der Waals surface area contributed by atoms with Crippen molar-refractivity contribution in [3.8, 4) is 0 Å². The maximum Gasteiger partial charge on any atom is 0.228 e. The van der Waals surface area contributed by atoms with Gasteiger partial charge in [-0.3, -0.25) is 4.90 Å². The van der Waals surface area contributed by atoms with Crippen LogP contribution >= 0.6 is 0 Å². The van der Waals surface area contributed by atoms with Gasteiger partial charge in [-0.15, -0.1) is 0 Å². The lowest BCUT2D eigenvalue weighted by atomic mass is 9.89. The third-order valence-corrected chi connectivity index (χ3v) is 5.43. The van der Waals surface area contributed by atoms with Crippen molar-refractivity contribution in [3.63, 3.8) is 0 Å². The number of piperidine rings is 1. The number of aromatic nitrogens is 3. The standard InChI is InChI=1S/C20H27N5O/c1-14-11-15(2)23-20(22-14)24-19-12-17(3-7-21-19)16-4-8-25(9-5-16)18-6-10-26-13-18/h3,7,11-12,16,18H,4-6,8-10,13H2,1-2H3,(H,21,22,23,24)/t18-/m1/s1. The Morgan fingerprint density at radius 2 is 1.85 bits per heavy atom. The zero-order valence-electron chi connectivity index (χ0n) is 15.6. The molecule has 2 fully saturated rings. The SMILES string of the molecule is Cc1cc(C)nc(Nc2cc(C3CCN([C@@H]4CCOC4)CC3)ccn2)n1. The number of hydrogen-bond donors (Lipinski definition) is 1. The molecule has 1 N–H and O–H groups in total. The van der Waals surface area contributed by atoms with E-state index in [1.165, 1.54) is 24.8 Å². The highest BCUT2D eigenvalue weighted by Gasteiger charge is 2.28. The zero-order valence-corrected chi connectivity index (χ0v) is 15.6. The number of ether oxygens (including phenoxy) is 1. The highest BCUT2D eigenvalue weighted by atomic mass is 16.5. The average Bonchev–Trinajstić information content (AvgIpc) is 3.16. The first-order valence-corrected chi connectivity index (χ1v) is 9.54. The summed E-state index contributed by atoms with van der Waals surface area (Å²) in [6.45, 7) is 8.10. The minimum Gasteiger partial charge on any atom is -0.380 e. The van der Waals surface area contributed by atoms with Crippen molar-refractivity contribution >= 4 is 11.8 Å². The molecule has 1 atom stereocenters. The topological polar surface area (TPSA) is 63.2 Å². The molecule has 0 spiro atoms. The van der Waals surface area contributed by atoms with Gasteiger partial charge in [-0.25, -0.2) is 15.0 Å². The molecule has 0 aromatic carbocycles. The van der Waals surface area contributed by atoms with E-state index in [2.05, 4.69) is 37.3 Å². The molecule has 0 saturated carbocycles. The van der Waals surface area contributed by atoms with Gasteiger partial charge in [0.15, 0.2) is 0 Å². The van der Waals surface area contributed by atoms with Crippen LogP contribution in [0.5, 0.6) is 0 Å². The smallest absolute Gasteiger partial charge is 0.228 e. The van der Waals surface area contributed by atoms with Gasteiger partial charge in [-0.2, -0.15) is 0 Å². The second-order valence-electron chi connectivity index (χ2n) is 7.40. The third-order valence-electron chi connectivity index (χ3n) is 5.43. The van der Waals surface area contributed by atoms with Crippen molar-refractivity contribution in [1.29, 1.82) is 0 Å². The molecule has 0 aliphatic carbocycles. The summed E-state index contributed by atoms with van der Waals surface area (Å²) in [5, 5.41) is 3.26. The monoisotopic (exact) mass is 353 g/mol. The molecule has 2 aromatic heterocycles. The molecule has 0 radical (unpaired) electrons. The van der Waals surface area contributed by atoms with Gasteiger partial charge in [0.05, 0.1) is 6.61 Å². The molecule has 2 aliphatic heterocycles. The highest BCUT2D eigenvalue weighted by molar-refractivity contribution is 5.49. The molecule has 138 valence electrons. The second kappa shape index (κ2) is 7.68. The Hall–Kier alpha value is -2.05. The number of rotatable bonds is 4. The number of likely N-dealkylation sites (tertiary alicyclic amines) is 1. The van der Waals surface area contributed by atoms with Crippen molar-refractivity contribution in [3.05, 3.63) is 41.3 Å². The Kier molecular flexibility index (Phi) is 5.13. The quantitative estimate of drug-likeness (QED) is 0.911. The number of hydrogen-bond acceptors (Lipinski definition) is 6. The molecule has 0 unspecified atom stereocenters. The lowest BCUT2D eigenvalue weighted by Gasteiger charge is -2.35. The molecule has 6 nitrogen and oxygen atoms in total. The van der Waals surface area contributed by atoms with Crippen LogP contribution in [0.3, 0.4) is 0 Å². The van der Waals surface area contributed by atoms with E-state index < -0.39 is 0 Å². The second-order valence-corrected chi connectivity index (χ2v) is 7.40. The molecule has 0 bridgehead atoms. The Labute approximate surface area is 155 Å². The Balaban J connectivity index is 1.41. The van der Waals surface area contributed by atoms with Gasteiger partial charge in [0.25, 0.3) is 0 Å². The van der Waals surface area contributed by atoms with Gasteiger partial charge in [0.2, 0.25) is 5.95 Å². The predicted molar refractivity (Wildman–Crippen MR) is 102 cm³/mol. The number of pyridine rings is 1. The lowest BCUT2D eigenvalue weighted by molar-refractivity contribution is 0.122.